The number of aliphatic hydroxyl groups excluding tert-OH is 7. The van der Waals surface area contributed by atoms with Crippen molar-refractivity contribution in [2.24, 2.45) is 5.92 Å². The van der Waals surface area contributed by atoms with E-state index in [1.165, 1.54) is 0 Å². The lowest BCUT2D eigenvalue weighted by atomic mass is 9.89. The number of hydrogen-bond donors (Lipinski definition) is 7. The Hall–Kier alpha value is -0.400. The summed E-state index contributed by atoms with van der Waals surface area (Å²) in [6.07, 6.45) is -13.2. The van der Waals surface area contributed by atoms with E-state index in [0.29, 0.717) is 0 Å². The Balaban J connectivity index is 2.14. The van der Waals surface area contributed by atoms with Gasteiger partial charge in [-0.15, -0.1) is 0 Å². The van der Waals surface area contributed by atoms with Crippen LogP contribution in [0.25, 0.3) is 0 Å². The van der Waals surface area contributed by atoms with Crippen molar-refractivity contribution in [2.75, 3.05) is 13.2 Å². The summed E-state index contributed by atoms with van der Waals surface area (Å²) in [5.41, 5.74) is 0. The van der Waals surface area contributed by atoms with Crippen molar-refractivity contribution in [3.63, 3.8) is 0 Å². The van der Waals surface area contributed by atoms with Gasteiger partial charge in [0.1, 0.15) is 48.8 Å². The molecule has 2 aliphatic rings. The average Bonchev–Trinajstić information content (AvgIpc) is 2.58. The molecule has 2 aliphatic heterocycles. The molecule has 2 rings (SSSR count). The summed E-state index contributed by atoms with van der Waals surface area (Å²) in [6, 6.07) is 0. The van der Waals surface area contributed by atoms with Crippen LogP contribution in [0.2, 0.25) is 0 Å². The van der Waals surface area contributed by atoms with Crippen LogP contribution in [0.3, 0.4) is 0 Å². The van der Waals surface area contributed by atoms with E-state index < -0.39 is 74.4 Å². The number of ether oxygens (including phenoxy) is 3. The first-order valence-electron chi connectivity index (χ1n) is 8.31. The van der Waals surface area contributed by atoms with Crippen LogP contribution in [0.15, 0.2) is 0 Å². The van der Waals surface area contributed by atoms with Gasteiger partial charge in [0.2, 0.25) is 0 Å². The van der Waals surface area contributed by atoms with E-state index in [1.807, 2.05) is 0 Å². The van der Waals surface area contributed by atoms with E-state index >= 15 is 0 Å². The maximum atomic E-state index is 10.4. The fourth-order valence-corrected chi connectivity index (χ4v) is 3.17. The molecule has 10 atom stereocenters. The quantitative estimate of drug-likeness (QED) is 0.256. The molecule has 0 aliphatic carbocycles. The summed E-state index contributed by atoms with van der Waals surface area (Å²) in [7, 11) is 0. The van der Waals surface area contributed by atoms with Gasteiger partial charge in [0.05, 0.1) is 19.3 Å². The summed E-state index contributed by atoms with van der Waals surface area (Å²) in [5, 5.41) is 68.8. The van der Waals surface area contributed by atoms with Gasteiger partial charge in [-0.05, 0) is 5.92 Å². The third-order valence-corrected chi connectivity index (χ3v) is 4.70. The highest BCUT2D eigenvalue weighted by molar-refractivity contribution is 4.96. The zero-order valence-electron chi connectivity index (χ0n) is 14.1. The zero-order valence-corrected chi connectivity index (χ0v) is 14.1. The van der Waals surface area contributed by atoms with Crippen molar-refractivity contribution in [2.45, 2.75) is 75.1 Å². The van der Waals surface area contributed by atoms with Gasteiger partial charge in [-0.25, -0.2) is 0 Å². The van der Waals surface area contributed by atoms with E-state index in [2.05, 4.69) is 0 Å². The molecule has 0 radical (unpaired) electrons. The van der Waals surface area contributed by atoms with E-state index in [9.17, 15) is 35.7 Å². The second-order valence-electron chi connectivity index (χ2n) is 6.84. The van der Waals surface area contributed by atoms with E-state index in [1.54, 1.807) is 13.8 Å². The molecule has 2 heterocycles. The molecular formula is C15H28O10. The van der Waals surface area contributed by atoms with E-state index in [0.717, 1.165) is 0 Å². The van der Waals surface area contributed by atoms with Gasteiger partial charge >= 0.3 is 0 Å². The predicted molar refractivity (Wildman–Crippen MR) is 81.2 cm³/mol. The minimum atomic E-state index is -1.66. The highest BCUT2D eigenvalue weighted by Gasteiger charge is 2.50. The Morgan fingerprint density at radius 2 is 1.36 bits per heavy atom. The highest BCUT2D eigenvalue weighted by atomic mass is 16.7. The molecule has 0 spiro atoms. The standard InChI is InChI=1S/C15H28O10/c1-5(2)13-10(20)11(21)14(7(4-17)23-13)25-15-12(22)9(19)8(18)6(3-16)24-15/h5-22H,3-4H2,1-2H3/t6?,7?,8-,9?,10?,11?,12?,13?,14-,15+/m1/s1. The van der Waals surface area contributed by atoms with Crippen LogP contribution in [0, 0.1) is 5.92 Å². The number of aliphatic hydroxyl groups is 7. The van der Waals surface area contributed by atoms with Crippen molar-refractivity contribution in [1.29, 1.82) is 0 Å². The summed E-state index contributed by atoms with van der Waals surface area (Å²) < 4.78 is 16.3. The van der Waals surface area contributed by atoms with Crippen LogP contribution in [0.5, 0.6) is 0 Å². The monoisotopic (exact) mass is 368 g/mol. The van der Waals surface area contributed by atoms with Crippen molar-refractivity contribution < 1.29 is 50.0 Å². The molecule has 2 saturated heterocycles. The molecule has 0 bridgehead atoms. The molecular weight excluding hydrogens is 340 g/mol. The minimum absolute atomic E-state index is 0.132. The van der Waals surface area contributed by atoms with Crippen LogP contribution < -0.4 is 0 Å². The molecule has 148 valence electrons. The lowest BCUT2D eigenvalue weighted by Gasteiger charge is -2.47. The van der Waals surface area contributed by atoms with Crippen LogP contribution in [0.1, 0.15) is 13.8 Å². The van der Waals surface area contributed by atoms with Crippen molar-refractivity contribution in [1.82, 2.24) is 0 Å². The lowest BCUT2D eigenvalue weighted by molar-refractivity contribution is -0.343. The largest absolute Gasteiger partial charge is 0.394 e. The first-order valence-corrected chi connectivity index (χ1v) is 8.31. The van der Waals surface area contributed by atoms with Gasteiger partial charge in [0, 0.05) is 0 Å². The van der Waals surface area contributed by atoms with Gasteiger partial charge in [-0.2, -0.15) is 0 Å². The van der Waals surface area contributed by atoms with Gasteiger partial charge in [-0.3, -0.25) is 0 Å². The van der Waals surface area contributed by atoms with Crippen LogP contribution >= 0.6 is 0 Å². The Morgan fingerprint density at radius 3 is 1.88 bits per heavy atom. The summed E-state index contributed by atoms with van der Waals surface area (Å²) >= 11 is 0. The fraction of sp³-hybridized carbons (Fsp3) is 1.00. The molecule has 10 nitrogen and oxygen atoms in total. The molecule has 0 aromatic heterocycles. The summed E-state index contributed by atoms with van der Waals surface area (Å²) in [5.74, 6) is -0.132. The third kappa shape index (κ3) is 4.14. The normalized spacial score (nSPS) is 48.7. The molecule has 7 N–H and O–H groups in total. The zero-order chi connectivity index (χ0) is 18.9. The number of hydrogen-bond acceptors (Lipinski definition) is 10. The van der Waals surface area contributed by atoms with Gasteiger partial charge in [0.25, 0.3) is 0 Å². The van der Waals surface area contributed by atoms with Gasteiger partial charge < -0.3 is 50.0 Å². The lowest BCUT2D eigenvalue weighted by Crippen LogP contribution is -2.65. The topological polar surface area (TPSA) is 169 Å². The maximum Gasteiger partial charge on any atom is 0.187 e. The van der Waals surface area contributed by atoms with Crippen molar-refractivity contribution >= 4 is 0 Å². The maximum absolute atomic E-state index is 10.4. The fourth-order valence-electron chi connectivity index (χ4n) is 3.17. The summed E-state index contributed by atoms with van der Waals surface area (Å²) in [4.78, 5) is 0. The Labute approximate surface area is 145 Å². The van der Waals surface area contributed by atoms with Crippen LogP contribution in [-0.4, -0.2) is 110 Å². The molecule has 10 heteroatoms. The van der Waals surface area contributed by atoms with E-state index in [-0.39, 0.29) is 5.92 Å². The highest BCUT2D eigenvalue weighted by Crippen LogP contribution is 2.31. The van der Waals surface area contributed by atoms with Crippen LogP contribution in [-0.2, 0) is 14.2 Å². The SMILES string of the molecule is CC(C)C1OC(CO)[C@@H](O[C@@H]2OC(CO)[C@@H](O)C(O)C2O)C(O)C1O. The Morgan fingerprint density at radius 1 is 0.760 bits per heavy atom. The molecule has 7 unspecified atom stereocenters. The molecule has 2 fully saturated rings. The number of rotatable bonds is 5. The van der Waals surface area contributed by atoms with Crippen molar-refractivity contribution in [3.05, 3.63) is 0 Å². The average molecular weight is 368 g/mol. The third-order valence-electron chi connectivity index (χ3n) is 4.70. The summed E-state index contributed by atoms with van der Waals surface area (Å²) in [6.45, 7) is 2.42. The van der Waals surface area contributed by atoms with Gasteiger partial charge in [-0.1, -0.05) is 13.8 Å². The second kappa shape index (κ2) is 8.53. The predicted octanol–water partition coefficient (Wildman–Crippen LogP) is -3.69. The molecule has 0 saturated carbocycles. The smallest absolute Gasteiger partial charge is 0.187 e. The molecule has 0 aromatic rings. The molecule has 25 heavy (non-hydrogen) atoms. The second-order valence-corrected chi connectivity index (χ2v) is 6.84. The van der Waals surface area contributed by atoms with Crippen LogP contribution in [0.4, 0.5) is 0 Å². The van der Waals surface area contributed by atoms with Crippen molar-refractivity contribution in [3.8, 4) is 0 Å². The molecule has 0 amide bonds. The first kappa shape index (κ1) is 20.9. The Kier molecular flexibility index (Phi) is 7.13. The first-order chi connectivity index (χ1) is 11.7. The van der Waals surface area contributed by atoms with E-state index in [4.69, 9.17) is 14.2 Å². The van der Waals surface area contributed by atoms with Gasteiger partial charge in [0.15, 0.2) is 6.29 Å². The molecule has 0 aromatic carbocycles. The minimum Gasteiger partial charge on any atom is -0.394 e. The Bertz CT molecular complexity index is 417.